The Balaban J connectivity index is 1.02. The Labute approximate surface area is 445 Å². The predicted molar refractivity (Wildman–Crippen MR) is 265 cm³/mol. The largest absolute Gasteiger partial charge is 0.479 e. The summed E-state index contributed by atoms with van der Waals surface area (Å²) in [6, 6.07) is 11.1. The van der Waals surface area contributed by atoms with E-state index in [9.17, 15) is 63.0 Å². The summed E-state index contributed by atoms with van der Waals surface area (Å²) in [4.78, 5) is 72.2. The number of carboxylic acid groups (broad SMARTS) is 1. The van der Waals surface area contributed by atoms with Crippen molar-refractivity contribution in [2.24, 2.45) is 11.1 Å². The Kier molecular flexibility index (Phi) is 20.1. The second-order valence-corrected chi connectivity index (χ2v) is 19.3. The number of carboxylic acids is 1. The summed E-state index contributed by atoms with van der Waals surface area (Å²) in [7, 11) is -4.46. The minimum absolute atomic E-state index is 0.0401. The van der Waals surface area contributed by atoms with E-state index in [1.54, 1.807) is 35.8 Å². The number of imidazole rings is 1. The van der Waals surface area contributed by atoms with Gasteiger partial charge in [0, 0.05) is 43.0 Å². The smallest absolute Gasteiger partial charge is 0.335 e. The van der Waals surface area contributed by atoms with Crippen LogP contribution in [0, 0.1) is 18.3 Å². The van der Waals surface area contributed by atoms with Gasteiger partial charge in [0.25, 0.3) is 5.65 Å². The topological polar surface area (TPSA) is 405 Å². The van der Waals surface area contributed by atoms with Crippen LogP contribution in [0.4, 0.5) is 17.2 Å². The van der Waals surface area contributed by atoms with Crippen molar-refractivity contribution >= 4 is 68.3 Å². The van der Waals surface area contributed by atoms with Crippen LogP contribution in [-0.2, 0) is 68.7 Å². The highest BCUT2D eigenvalue weighted by Gasteiger charge is 2.49. The molecule has 10 atom stereocenters. The van der Waals surface area contributed by atoms with Crippen molar-refractivity contribution in [1.29, 1.82) is 0 Å². The highest BCUT2D eigenvalue weighted by molar-refractivity contribution is 7.84. The molecule has 0 spiro atoms. The number of carbonyl (C=O) groups excluding carboxylic acids is 4. The third-order valence-corrected chi connectivity index (χ3v) is 12.9. The number of aliphatic hydroxyl groups excluding tert-OH is 5. The summed E-state index contributed by atoms with van der Waals surface area (Å²) in [6.45, 7) is 1.98. The molecule has 30 heteroatoms. The Morgan fingerprint density at radius 2 is 1.63 bits per heavy atom. The zero-order valence-electron chi connectivity index (χ0n) is 41.9. The molecule has 0 bridgehead atoms. The maximum atomic E-state index is 13.5. The molecule has 2 aromatic carbocycles. The number of nitrogens with zero attached hydrogens (tertiary/aromatic N) is 5. The number of carbonyl (C=O) groups is 5. The summed E-state index contributed by atoms with van der Waals surface area (Å²) in [6.07, 6.45) is -7.80. The van der Waals surface area contributed by atoms with E-state index < -0.39 is 89.9 Å². The molecule has 3 fully saturated rings. The summed E-state index contributed by atoms with van der Waals surface area (Å²) < 4.78 is 64.2. The Morgan fingerprint density at radius 3 is 2.32 bits per heavy atom. The number of likely N-dealkylation sites (tertiary alicyclic amines) is 1. The van der Waals surface area contributed by atoms with Crippen LogP contribution in [0.3, 0.4) is 0 Å². The van der Waals surface area contributed by atoms with Gasteiger partial charge >= 0.3 is 16.3 Å². The lowest BCUT2D eigenvalue weighted by molar-refractivity contribution is -0.668. The third-order valence-electron chi connectivity index (χ3n) is 12.4. The minimum Gasteiger partial charge on any atom is -0.479 e. The fourth-order valence-electron chi connectivity index (χ4n) is 8.43. The first-order chi connectivity index (χ1) is 37.2. The number of fused-ring (bicyclic) bond motifs is 1. The zero-order chi connectivity index (χ0) is 56.3. The number of hydrogen-bond acceptors (Lipinski definition) is 22. The molecule has 78 heavy (non-hydrogen) atoms. The SMILES string of the molecule is C#Cc1cccc(Nc2nc[n+](Cc3ccc(O[C@@H]4O[C@H](C(=O)O)[C@@H](O)[C@H](O)[C@H]4O)c(NC(=O)CCNC(=O)CCOCCOCCOCCN4C(=O)CC(C)C4=O)c3)c3c2ncn3[C@@H]2O[C@H](COS(N)(=O)=O)[C@@H](O)[C@H]2O)c1. The van der Waals surface area contributed by atoms with Crippen molar-refractivity contribution < 1.29 is 100 Å². The van der Waals surface area contributed by atoms with E-state index in [1.807, 2.05) is 0 Å². The van der Waals surface area contributed by atoms with Crippen molar-refractivity contribution in [3.63, 3.8) is 0 Å². The maximum absolute atomic E-state index is 13.5. The molecule has 4 aromatic rings. The van der Waals surface area contributed by atoms with Crippen molar-refractivity contribution in [3.8, 4) is 18.1 Å². The molecule has 3 aliphatic rings. The molecule has 29 nitrogen and oxygen atoms in total. The molecule has 3 saturated heterocycles. The Bertz CT molecular complexity index is 2960. The second-order valence-electron chi connectivity index (χ2n) is 18.1. The van der Waals surface area contributed by atoms with E-state index in [0.717, 1.165) is 0 Å². The molecule has 4 amide bonds. The molecule has 3 aliphatic heterocycles. The number of aliphatic carboxylic acids is 1. The van der Waals surface area contributed by atoms with Crippen LogP contribution in [0.15, 0.2) is 55.1 Å². The van der Waals surface area contributed by atoms with Gasteiger partial charge in [0.1, 0.15) is 42.4 Å². The van der Waals surface area contributed by atoms with Gasteiger partial charge in [-0.05, 0) is 35.9 Å². The number of rotatable bonds is 27. The number of amides is 4. The van der Waals surface area contributed by atoms with Gasteiger partial charge in [0.15, 0.2) is 17.9 Å². The van der Waals surface area contributed by atoms with Crippen LogP contribution >= 0.6 is 0 Å². The molecule has 7 rings (SSSR count). The molecule has 0 saturated carbocycles. The Hall–Kier alpha value is -6.83. The highest BCUT2D eigenvalue weighted by atomic mass is 32.2. The number of nitrogens with one attached hydrogen (secondary N) is 3. The van der Waals surface area contributed by atoms with Crippen LogP contribution < -0.4 is 30.4 Å². The van der Waals surface area contributed by atoms with Gasteiger partial charge in [0.05, 0.1) is 65.0 Å². The first-order valence-corrected chi connectivity index (χ1v) is 25.8. The van der Waals surface area contributed by atoms with Crippen LogP contribution in [0.1, 0.15) is 43.5 Å². The second kappa shape index (κ2) is 26.7. The van der Waals surface area contributed by atoms with Gasteiger partial charge in [-0.3, -0.25) is 28.3 Å². The molecule has 1 unspecified atom stereocenters. The summed E-state index contributed by atoms with van der Waals surface area (Å²) in [5.74, 6) is -0.937. The number of terminal acetylenes is 1. The van der Waals surface area contributed by atoms with Crippen LogP contribution in [0.5, 0.6) is 5.75 Å². The molecular weight excluding hydrogens is 1050 g/mol. The zero-order valence-corrected chi connectivity index (χ0v) is 42.7. The molecular formula is C48H60N9O20S+. The maximum Gasteiger partial charge on any atom is 0.335 e. The van der Waals surface area contributed by atoms with Gasteiger partial charge in [-0.1, -0.05) is 30.0 Å². The molecule has 0 radical (unpaired) electrons. The molecule has 5 heterocycles. The number of hydrogen-bond donors (Lipinski definition) is 10. The minimum atomic E-state index is -4.46. The summed E-state index contributed by atoms with van der Waals surface area (Å²) in [5.41, 5.74) is 1.84. The lowest BCUT2D eigenvalue weighted by Crippen LogP contribution is -2.61. The van der Waals surface area contributed by atoms with Crippen molar-refractivity contribution in [1.82, 2.24) is 24.8 Å². The monoisotopic (exact) mass is 1110 g/mol. The number of imide groups is 1. The predicted octanol–water partition coefficient (Wildman–Crippen LogP) is -3.12. The highest BCUT2D eigenvalue weighted by Crippen LogP contribution is 2.35. The van der Waals surface area contributed by atoms with E-state index in [0.29, 0.717) is 16.8 Å². The molecule has 0 aliphatic carbocycles. The van der Waals surface area contributed by atoms with Gasteiger partial charge in [-0.15, -0.1) is 6.42 Å². The van der Waals surface area contributed by atoms with Crippen LogP contribution in [0.2, 0.25) is 0 Å². The van der Waals surface area contributed by atoms with Crippen LogP contribution in [0.25, 0.3) is 11.2 Å². The number of anilines is 3. The van der Waals surface area contributed by atoms with E-state index >= 15 is 0 Å². The van der Waals surface area contributed by atoms with Gasteiger partial charge < -0.3 is 75.0 Å². The standard InChI is InChI=1S/C48H59N9O20S/c1-3-27-5-4-6-29(20-27)53-43-36-44(57(25-51-36)46-40(64)37(61)32(75-46)23-74-78(49,69)70)55(24-52-43)22-28-7-8-31(76-48-41(65)38(62)39(63)42(77-48)47(67)68)30(21-28)54-34(59)9-11-50-33(58)10-13-71-15-17-73-18-16-72-14-12-56-35(60)19-26(2)45(56)66/h1,4-8,20-21,24-26,32,37-42,46,48,61-65H,9-19,22-23H2,2H3,(H5,49,50,54,58,59,67,68,69,70)/p+1/t26?,32-,37-,38+,39+,40-,41-,42+,46-,48-/m1/s1. The number of benzene rings is 2. The fraction of sp³-hybridized carbons (Fsp3) is 0.500. The van der Waals surface area contributed by atoms with Gasteiger partial charge in [0.2, 0.25) is 48.3 Å². The average Bonchev–Trinajstić information content (AvgIpc) is 4.21. The summed E-state index contributed by atoms with van der Waals surface area (Å²) >= 11 is 0. The third kappa shape index (κ3) is 15.0. The van der Waals surface area contributed by atoms with Gasteiger partial charge in [-0.25, -0.2) is 24.1 Å². The summed E-state index contributed by atoms with van der Waals surface area (Å²) in [5, 5.41) is 76.8. The van der Waals surface area contributed by atoms with Crippen molar-refractivity contribution in [3.05, 3.63) is 66.2 Å². The quantitative estimate of drug-likeness (QED) is 0.0122. The number of ether oxygens (including phenoxy) is 6. The number of nitrogens with two attached hydrogens (primary N) is 1. The van der Waals surface area contributed by atoms with E-state index in [-0.39, 0.29) is 125 Å². The first kappa shape index (κ1) is 58.8. The number of aromatic nitrogens is 4. The average molecular weight is 1120 g/mol. The van der Waals surface area contributed by atoms with E-state index in [1.165, 1.54) is 40.3 Å². The fourth-order valence-corrected chi connectivity index (χ4v) is 8.76. The van der Waals surface area contributed by atoms with E-state index in [4.69, 9.17) is 40.0 Å². The lowest BCUT2D eigenvalue weighted by atomic mass is 9.99. The lowest BCUT2D eigenvalue weighted by Gasteiger charge is -2.38. The normalized spacial score (nSPS) is 24.3. The first-order valence-electron chi connectivity index (χ1n) is 24.4. The van der Waals surface area contributed by atoms with Crippen molar-refractivity contribution in [2.45, 2.75) is 88.0 Å². The van der Waals surface area contributed by atoms with Crippen LogP contribution in [-0.4, -0.2) is 196 Å². The Morgan fingerprint density at radius 1 is 0.897 bits per heavy atom. The van der Waals surface area contributed by atoms with Gasteiger partial charge in [-0.2, -0.15) is 8.42 Å². The molecule has 11 N–H and O–H groups in total. The number of aliphatic hydroxyl groups is 5. The molecule has 2 aromatic heterocycles. The van der Waals surface area contributed by atoms with Crippen molar-refractivity contribution in [2.75, 3.05) is 70.0 Å². The van der Waals surface area contributed by atoms with E-state index in [2.05, 4.69) is 36.0 Å². The molecule has 422 valence electrons.